The van der Waals surface area contributed by atoms with Crippen molar-refractivity contribution in [2.45, 2.75) is 33.0 Å². The zero-order valence-electron chi connectivity index (χ0n) is 19.2. The number of nitrogens with zero attached hydrogens (tertiary/aromatic N) is 1. The molecule has 7 nitrogen and oxygen atoms in total. The van der Waals surface area contributed by atoms with E-state index in [1.807, 2.05) is 25.1 Å². The molecule has 2 aliphatic rings. The smallest absolute Gasteiger partial charge is 0.343 e. The Morgan fingerprint density at radius 1 is 1.12 bits per heavy atom. The third-order valence-electron chi connectivity index (χ3n) is 6.17. The molecule has 2 N–H and O–H groups in total. The number of benzene rings is 2. The number of rotatable bonds is 6. The van der Waals surface area contributed by atoms with Crippen molar-refractivity contribution < 1.29 is 19.1 Å². The fraction of sp³-hybridized carbons (Fsp3) is 0.308. The van der Waals surface area contributed by atoms with Crippen LogP contribution < -0.4 is 20.1 Å². The lowest BCUT2D eigenvalue weighted by atomic mass is 10.0. The molecule has 34 heavy (non-hydrogen) atoms. The molecule has 1 amide bonds. The van der Waals surface area contributed by atoms with E-state index in [0.29, 0.717) is 23.7 Å². The van der Waals surface area contributed by atoms with Gasteiger partial charge in [0.15, 0.2) is 11.5 Å². The number of carbonyl (C=O) groups is 2. The fourth-order valence-electron chi connectivity index (χ4n) is 4.40. The van der Waals surface area contributed by atoms with Gasteiger partial charge in [-0.1, -0.05) is 31.2 Å². The molecule has 1 atom stereocenters. The first-order chi connectivity index (χ1) is 16.6. The maximum Gasteiger partial charge on any atom is 0.343 e. The zero-order chi connectivity index (χ0) is 23.7. The summed E-state index contributed by atoms with van der Waals surface area (Å²) >= 11 is 1.67. The second kappa shape index (κ2) is 9.48. The van der Waals surface area contributed by atoms with Gasteiger partial charge in [-0.25, -0.2) is 4.79 Å². The highest BCUT2D eigenvalue weighted by Gasteiger charge is 2.33. The van der Waals surface area contributed by atoms with Crippen molar-refractivity contribution in [3.05, 3.63) is 75.7 Å². The number of anilines is 1. The van der Waals surface area contributed by atoms with Crippen LogP contribution in [0.3, 0.4) is 0 Å². The lowest BCUT2D eigenvalue weighted by molar-refractivity contribution is 0.0728. The van der Waals surface area contributed by atoms with Crippen LogP contribution in [0.2, 0.25) is 0 Å². The SMILES string of the molecule is CCOc1cc([C@H]2NC(=O)c3c(sc4c3CCN(CC)C4)N2)ccc1OC(=O)c1ccccc1. The first-order valence-corrected chi connectivity index (χ1v) is 12.4. The summed E-state index contributed by atoms with van der Waals surface area (Å²) in [6.45, 7) is 7.32. The Morgan fingerprint density at radius 3 is 2.71 bits per heavy atom. The molecule has 0 spiro atoms. The van der Waals surface area contributed by atoms with Crippen LogP contribution in [0.1, 0.15) is 56.7 Å². The third kappa shape index (κ3) is 4.26. The van der Waals surface area contributed by atoms with E-state index < -0.39 is 12.1 Å². The van der Waals surface area contributed by atoms with Crippen molar-refractivity contribution in [3.8, 4) is 11.5 Å². The Balaban J connectivity index is 1.39. The molecule has 0 bridgehead atoms. The standard InChI is InChI=1S/C26H27N3O4S/c1-3-29-13-12-18-21(15-29)34-25-22(18)24(30)27-23(28-25)17-10-11-19(20(14-17)32-4-2)33-26(31)16-8-6-5-7-9-16/h5-11,14,23,28H,3-4,12-13,15H2,1-2H3,(H,27,30)/t23-/m0/s1. The van der Waals surface area contributed by atoms with Crippen LogP contribution in [-0.4, -0.2) is 36.5 Å². The molecule has 3 heterocycles. The number of carbonyl (C=O) groups excluding carboxylic acids is 2. The molecule has 3 aromatic rings. The Kier molecular flexibility index (Phi) is 6.26. The van der Waals surface area contributed by atoms with E-state index in [0.717, 1.165) is 42.2 Å². The number of amides is 1. The molecule has 1 aromatic heterocycles. The summed E-state index contributed by atoms with van der Waals surface area (Å²) in [5.74, 6) is 0.288. The maximum absolute atomic E-state index is 13.1. The van der Waals surface area contributed by atoms with E-state index in [9.17, 15) is 9.59 Å². The predicted molar refractivity (Wildman–Crippen MR) is 132 cm³/mol. The fourth-order valence-corrected chi connectivity index (χ4v) is 5.71. The van der Waals surface area contributed by atoms with Crippen molar-refractivity contribution in [2.24, 2.45) is 0 Å². The molecule has 0 saturated heterocycles. The molecular weight excluding hydrogens is 450 g/mol. The Morgan fingerprint density at radius 2 is 1.94 bits per heavy atom. The van der Waals surface area contributed by atoms with Gasteiger partial charge < -0.3 is 20.1 Å². The molecule has 2 aliphatic heterocycles. The first kappa shape index (κ1) is 22.4. The van der Waals surface area contributed by atoms with Crippen molar-refractivity contribution in [3.63, 3.8) is 0 Å². The van der Waals surface area contributed by atoms with Gasteiger partial charge in [0.1, 0.15) is 11.2 Å². The zero-order valence-corrected chi connectivity index (χ0v) is 20.0. The van der Waals surface area contributed by atoms with Gasteiger partial charge in [0.05, 0.1) is 17.7 Å². The third-order valence-corrected chi connectivity index (χ3v) is 7.32. The summed E-state index contributed by atoms with van der Waals surface area (Å²) in [7, 11) is 0. The van der Waals surface area contributed by atoms with Crippen LogP contribution in [0.5, 0.6) is 11.5 Å². The number of fused-ring (bicyclic) bond motifs is 3. The Bertz CT molecular complexity index is 1220. The van der Waals surface area contributed by atoms with Gasteiger partial charge in [-0.3, -0.25) is 9.69 Å². The quantitative estimate of drug-likeness (QED) is 0.399. The molecule has 2 aromatic carbocycles. The lowest BCUT2D eigenvalue weighted by Gasteiger charge is -2.28. The van der Waals surface area contributed by atoms with Crippen LogP contribution >= 0.6 is 11.3 Å². The van der Waals surface area contributed by atoms with Crippen molar-refractivity contribution in [1.82, 2.24) is 10.2 Å². The number of nitrogens with one attached hydrogen (secondary N) is 2. The highest BCUT2D eigenvalue weighted by atomic mass is 32.1. The number of esters is 1. The molecular formula is C26H27N3O4S. The second-order valence-electron chi connectivity index (χ2n) is 8.27. The monoisotopic (exact) mass is 477 g/mol. The van der Waals surface area contributed by atoms with E-state index in [2.05, 4.69) is 22.5 Å². The molecule has 0 radical (unpaired) electrons. The van der Waals surface area contributed by atoms with Gasteiger partial charge in [-0.2, -0.15) is 0 Å². The van der Waals surface area contributed by atoms with E-state index in [-0.39, 0.29) is 5.91 Å². The van der Waals surface area contributed by atoms with Gasteiger partial charge in [0.25, 0.3) is 5.91 Å². The summed E-state index contributed by atoms with van der Waals surface area (Å²) in [6, 6.07) is 14.2. The molecule has 0 fully saturated rings. The minimum atomic E-state index is -0.451. The van der Waals surface area contributed by atoms with E-state index in [1.165, 1.54) is 10.4 Å². The molecule has 0 aliphatic carbocycles. The summed E-state index contributed by atoms with van der Waals surface area (Å²) < 4.78 is 11.4. The summed E-state index contributed by atoms with van der Waals surface area (Å²) in [6.07, 6.45) is 0.491. The van der Waals surface area contributed by atoms with Crippen LogP contribution in [0.25, 0.3) is 0 Å². The summed E-state index contributed by atoms with van der Waals surface area (Å²) in [5, 5.41) is 7.49. The Labute approximate surface area is 202 Å². The molecule has 5 rings (SSSR count). The molecule has 0 saturated carbocycles. The minimum Gasteiger partial charge on any atom is -0.490 e. The molecule has 176 valence electrons. The number of ether oxygens (including phenoxy) is 2. The van der Waals surface area contributed by atoms with Gasteiger partial charge in [-0.15, -0.1) is 11.3 Å². The minimum absolute atomic E-state index is 0.0567. The van der Waals surface area contributed by atoms with Crippen molar-refractivity contribution in [2.75, 3.05) is 25.0 Å². The number of thiophene rings is 1. The number of hydrogen-bond acceptors (Lipinski definition) is 7. The van der Waals surface area contributed by atoms with Gasteiger partial charge in [-0.05, 0) is 55.3 Å². The van der Waals surface area contributed by atoms with Crippen LogP contribution in [0.15, 0.2) is 48.5 Å². The van der Waals surface area contributed by atoms with Crippen LogP contribution in [0.4, 0.5) is 5.00 Å². The maximum atomic E-state index is 13.1. The highest BCUT2D eigenvalue weighted by Crippen LogP contribution is 2.41. The van der Waals surface area contributed by atoms with Crippen molar-refractivity contribution in [1.29, 1.82) is 0 Å². The second-order valence-corrected chi connectivity index (χ2v) is 9.38. The highest BCUT2D eigenvalue weighted by molar-refractivity contribution is 7.16. The van der Waals surface area contributed by atoms with E-state index >= 15 is 0 Å². The van der Waals surface area contributed by atoms with Gasteiger partial charge in [0, 0.05) is 18.0 Å². The van der Waals surface area contributed by atoms with Crippen LogP contribution in [-0.2, 0) is 13.0 Å². The molecule has 8 heteroatoms. The average Bonchev–Trinajstić information content (AvgIpc) is 3.23. The van der Waals surface area contributed by atoms with Gasteiger partial charge in [0.2, 0.25) is 0 Å². The van der Waals surface area contributed by atoms with Gasteiger partial charge >= 0.3 is 5.97 Å². The van der Waals surface area contributed by atoms with Crippen LogP contribution in [0, 0.1) is 0 Å². The summed E-state index contributed by atoms with van der Waals surface area (Å²) in [4.78, 5) is 29.3. The van der Waals surface area contributed by atoms with E-state index in [1.54, 1.807) is 41.7 Å². The first-order valence-electron chi connectivity index (χ1n) is 11.6. The summed E-state index contributed by atoms with van der Waals surface area (Å²) in [5.41, 5.74) is 3.24. The largest absolute Gasteiger partial charge is 0.490 e. The predicted octanol–water partition coefficient (Wildman–Crippen LogP) is 4.60. The lowest BCUT2D eigenvalue weighted by Crippen LogP contribution is -2.38. The topological polar surface area (TPSA) is 79.9 Å². The van der Waals surface area contributed by atoms with Crippen molar-refractivity contribution >= 4 is 28.2 Å². The van der Waals surface area contributed by atoms with E-state index in [4.69, 9.17) is 9.47 Å². The number of likely N-dealkylation sites (N-methyl/N-ethyl adjacent to an activating group) is 1. The Hall–Kier alpha value is -3.36. The molecule has 0 unspecified atom stereocenters. The average molecular weight is 478 g/mol. The number of hydrogen-bond donors (Lipinski definition) is 2. The normalized spacial score (nSPS) is 17.2.